The van der Waals surface area contributed by atoms with E-state index < -0.39 is 0 Å². The third-order valence-electron chi connectivity index (χ3n) is 4.92. The summed E-state index contributed by atoms with van der Waals surface area (Å²) in [7, 11) is 0. The number of nitrogens with zero attached hydrogens (tertiary/aromatic N) is 3. The van der Waals surface area contributed by atoms with Gasteiger partial charge in [-0.25, -0.2) is 9.97 Å². The number of benzene rings is 1. The van der Waals surface area contributed by atoms with E-state index in [9.17, 15) is 4.79 Å². The Morgan fingerprint density at radius 1 is 1.10 bits per heavy atom. The van der Waals surface area contributed by atoms with Gasteiger partial charge < -0.3 is 19.7 Å². The highest BCUT2D eigenvalue weighted by Crippen LogP contribution is 2.22. The highest BCUT2D eigenvalue weighted by molar-refractivity contribution is 6.04. The number of rotatable bonds is 8. The van der Waals surface area contributed by atoms with E-state index in [0.717, 1.165) is 43.1 Å². The first-order valence-corrected chi connectivity index (χ1v) is 10.3. The SMILES string of the molecule is CCCCCOc1ccc(C(=O)Nc2c(C)nc(N3CCOCC3)nc2C)cc1. The topological polar surface area (TPSA) is 76.6 Å². The number of ether oxygens (including phenoxy) is 2. The average Bonchev–Trinajstić information content (AvgIpc) is 2.74. The molecule has 1 aromatic heterocycles. The molecule has 0 spiro atoms. The number of carbonyl (C=O) groups excluding carboxylic acids is 1. The monoisotopic (exact) mass is 398 g/mol. The zero-order chi connectivity index (χ0) is 20.6. The summed E-state index contributed by atoms with van der Waals surface area (Å²) in [5.41, 5.74) is 2.74. The number of anilines is 2. The fraction of sp³-hybridized carbons (Fsp3) is 0.500. The van der Waals surface area contributed by atoms with Crippen LogP contribution in [-0.2, 0) is 4.74 Å². The Balaban J connectivity index is 1.64. The molecule has 1 N–H and O–H groups in total. The van der Waals surface area contributed by atoms with Crippen LogP contribution in [0.2, 0.25) is 0 Å². The van der Waals surface area contributed by atoms with Crippen LogP contribution < -0.4 is 15.0 Å². The third-order valence-corrected chi connectivity index (χ3v) is 4.92. The van der Waals surface area contributed by atoms with E-state index in [1.807, 2.05) is 26.0 Å². The van der Waals surface area contributed by atoms with Crippen molar-refractivity contribution in [1.82, 2.24) is 9.97 Å². The lowest BCUT2D eigenvalue weighted by molar-refractivity contribution is 0.102. The number of hydrogen-bond acceptors (Lipinski definition) is 6. The molecule has 29 heavy (non-hydrogen) atoms. The molecule has 1 aromatic carbocycles. The minimum Gasteiger partial charge on any atom is -0.494 e. The van der Waals surface area contributed by atoms with Gasteiger partial charge in [0.25, 0.3) is 5.91 Å². The van der Waals surface area contributed by atoms with Crippen molar-refractivity contribution in [2.24, 2.45) is 0 Å². The number of carbonyl (C=O) groups is 1. The molecule has 0 bridgehead atoms. The molecule has 156 valence electrons. The second-order valence-corrected chi connectivity index (χ2v) is 7.20. The van der Waals surface area contributed by atoms with Crippen LogP contribution in [-0.4, -0.2) is 48.8 Å². The number of morpholine rings is 1. The van der Waals surface area contributed by atoms with Gasteiger partial charge in [0.2, 0.25) is 5.95 Å². The first kappa shape index (κ1) is 21.0. The van der Waals surface area contributed by atoms with Crippen molar-refractivity contribution in [3.63, 3.8) is 0 Å². The Bertz CT molecular complexity index is 794. The van der Waals surface area contributed by atoms with Gasteiger partial charge in [-0.05, 0) is 44.5 Å². The molecule has 0 saturated carbocycles. The summed E-state index contributed by atoms with van der Waals surface area (Å²) in [6.45, 7) is 9.55. The van der Waals surface area contributed by atoms with E-state index in [2.05, 4.69) is 27.1 Å². The van der Waals surface area contributed by atoms with Crippen LogP contribution in [0.3, 0.4) is 0 Å². The van der Waals surface area contributed by atoms with Gasteiger partial charge in [-0.3, -0.25) is 4.79 Å². The average molecular weight is 399 g/mol. The van der Waals surface area contributed by atoms with Gasteiger partial charge in [0.15, 0.2) is 0 Å². The molecule has 1 saturated heterocycles. The molecule has 1 aliphatic heterocycles. The fourth-order valence-corrected chi connectivity index (χ4v) is 3.21. The minimum absolute atomic E-state index is 0.184. The summed E-state index contributed by atoms with van der Waals surface area (Å²) in [6, 6.07) is 7.22. The van der Waals surface area contributed by atoms with E-state index in [-0.39, 0.29) is 5.91 Å². The predicted molar refractivity (Wildman–Crippen MR) is 114 cm³/mol. The van der Waals surface area contributed by atoms with Gasteiger partial charge in [0.1, 0.15) is 5.75 Å². The smallest absolute Gasteiger partial charge is 0.255 e. The van der Waals surface area contributed by atoms with E-state index in [1.165, 1.54) is 6.42 Å². The first-order valence-electron chi connectivity index (χ1n) is 10.3. The number of nitrogens with one attached hydrogen (secondary N) is 1. The van der Waals surface area contributed by atoms with Gasteiger partial charge >= 0.3 is 0 Å². The minimum atomic E-state index is -0.184. The summed E-state index contributed by atoms with van der Waals surface area (Å²) in [6.07, 6.45) is 3.36. The van der Waals surface area contributed by atoms with E-state index in [1.54, 1.807) is 12.1 Å². The van der Waals surface area contributed by atoms with Gasteiger partial charge in [0.05, 0.1) is 36.9 Å². The molecule has 7 heteroatoms. The van der Waals surface area contributed by atoms with Crippen LogP contribution in [0.1, 0.15) is 47.9 Å². The Morgan fingerprint density at radius 2 is 1.76 bits per heavy atom. The largest absolute Gasteiger partial charge is 0.494 e. The van der Waals surface area contributed by atoms with Crippen LogP contribution in [0, 0.1) is 13.8 Å². The fourth-order valence-electron chi connectivity index (χ4n) is 3.21. The molecule has 0 aliphatic carbocycles. The molecule has 7 nitrogen and oxygen atoms in total. The second-order valence-electron chi connectivity index (χ2n) is 7.20. The van der Waals surface area contributed by atoms with Crippen LogP contribution >= 0.6 is 0 Å². The van der Waals surface area contributed by atoms with Crippen LogP contribution in [0.25, 0.3) is 0 Å². The van der Waals surface area contributed by atoms with Crippen molar-refractivity contribution in [1.29, 1.82) is 0 Å². The Morgan fingerprint density at radius 3 is 2.38 bits per heavy atom. The molecule has 1 aliphatic rings. The second kappa shape index (κ2) is 10.2. The Labute approximate surface area is 172 Å². The number of aryl methyl sites for hydroxylation is 2. The van der Waals surface area contributed by atoms with Crippen molar-refractivity contribution in [2.45, 2.75) is 40.0 Å². The maximum absolute atomic E-state index is 12.7. The van der Waals surface area contributed by atoms with Crippen LogP contribution in [0.4, 0.5) is 11.6 Å². The molecule has 2 heterocycles. The van der Waals surface area contributed by atoms with Crippen molar-refractivity contribution < 1.29 is 14.3 Å². The third kappa shape index (κ3) is 5.67. The van der Waals surface area contributed by atoms with Gasteiger partial charge in [-0.2, -0.15) is 0 Å². The molecule has 1 fully saturated rings. The first-order chi connectivity index (χ1) is 14.1. The van der Waals surface area contributed by atoms with Crippen LogP contribution in [0.15, 0.2) is 24.3 Å². The number of hydrogen-bond donors (Lipinski definition) is 1. The summed E-state index contributed by atoms with van der Waals surface area (Å²) in [5.74, 6) is 1.28. The summed E-state index contributed by atoms with van der Waals surface area (Å²) >= 11 is 0. The number of aromatic nitrogens is 2. The maximum atomic E-state index is 12.7. The lowest BCUT2D eigenvalue weighted by Crippen LogP contribution is -2.37. The number of unbranched alkanes of at least 4 members (excludes halogenated alkanes) is 2. The van der Waals surface area contributed by atoms with Crippen molar-refractivity contribution in [3.05, 3.63) is 41.2 Å². The zero-order valence-electron chi connectivity index (χ0n) is 17.5. The molecule has 1 amide bonds. The van der Waals surface area contributed by atoms with Crippen molar-refractivity contribution in [3.8, 4) is 5.75 Å². The molecule has 0 unspecified atom stereocenters. The summed E-state index contributed by atoms with van der Waals surface area (Å²) in [4.78, 5) is 24.0. The molecular weight excluding hydrogens is 368 g/mol. The normalized spacial score (nSPS) is 14.0. The van der Waals surface area contributed by atoms with Crippen LogP contribution in [0.5, 0.6) is 5.75 Å². The summed E-state index contributed by atoms with van der Waals surface area (Å²) in [5, 5.41) is 2.96. The molecule has 3 rings (SSSR count). The summed E-state index contributed by atoms with van der Waals surface area (Å²) < 4.78 is 11.1. The van der Waals surface area contributed by atoms with E-state index in [4.69, 9.17) is 9.47 Å². The highest BCUT2D eigenvalue weighted by atomic mass is 16.5. The quantitative estimate of drug-likeness (QED) is 0.683. The molecule has 0 atom stereocenters. The molecular formula is C22H30N4O3. The van der Waals surface area contributed by atoms with Gasteiger partial charge in [0, 0.05) is 18.7 Å². The zero-order valence-corrected chi connectivity index (χ0v) is 17.5. The number of amides is 1. The van der Waals surface area contributed by atoms with Gasteiger partial charge in [-0.15, -0.1) is 0 Å². The molecule has 0 radical (unpaired) electrons. The van der Waals surface area contributed by atoms with Gasteiger partial charge in [-0.1, -0.05) is 19.8 Å². The maximum Gasteiger partial charge on any atom is 0.255 e. The Hall–Kier alpha value is -2.67. The predicted octanol–water partition coefficient (Wildman–Crippen LogP) is 3.75. The molecule has 2 aromatic rings. The van der Waals surface area contributed by atoms with E-state index >= 15 is 0 Å². The van der Waals surface area contributed by atoms with Crippen molar-refractivity contribution in [2.75, 3.05) is 43.1 Å². The van der Waals surface area contributed by atoms with Crippen molar-refractivity contribution >= 4 is 17.5 Å². The highest BCUT2D eigenvalue weighted by Gasteiger charge is 2.18. The lowest BCUT2D eigenvalue weighted by atomic mass is 10.2. The van der Waals surface area contributed by atoms with E-state index in [0.29, 0.717) is 37.0 Å². The Kier molecular flexibility index (Phi) is 7.41. The lowest BCUT2D eigenvalue weighted by Gasteiger charge is -2.27. The standard InChI is InChI=1S/C22H30N4O3/c1-4-5-6-13-29-19-9-7-18(8-10-19)21(27)25-20-16(2)23-22(24-17(20)3)26-11-14-28-15-12-26/h7-10H,4-6,11-15H2,1-3H3,(H,25,27).